The van der Waals surface area contributed by atoms with Gasteiger partial charge in [0.1, 0.15) is 12.4 Å². The van der Waals surface area contributed by atoms with Gasteiger partial charge in [-0.3, -0.25) is 14.6 Å². The third kappa shape index (κ3) is 5.47. The summed E-state index contributed by atoms with van der Waals surface area (Å²) < 4.78 is 5.25. The highest BCUT2D eigenvalue weighted by Gasteiger charge is 2.37. The molecule has 2 aliphatic rings. The summed E-state index contributed by atoms with van der Waals surface area (Å²) in [6.07, 6.45) is 1.30. The maximum absolute atomic E-state index is 12.3. The Labute approximate surface area is 201 Å². The van der Waals surface area contributed by atoms with Gasteiger partial charge in [-0.2, -0.15) is 4.98 Å². The van der Waals surface area contributed by atoms with E-state index in [0.717, 1.165) is 38.3 Å². The zero-order valence-electron chi connectivity index (χ0n) is 20.4. The second kappa shape index (κ2) is 10.4. The van der Waals surface area contributed by atoms with Gasteiger partial charge in [0.05, 0.1) is 12.1 Å². The summed E-state index contributed by atoms with van der Waals surface area (Å²) in [6, 6.07) is 10.2. The lowest BCUT2D eigenvalue weighted by Crippen LogP contribution is -2.47. The van der Waals surface area contributed by atoms with Crippen LogP contribution in [0.4, 0.5) is 16.6 Å². The van der Waals surface area contributed by atoms with E-state index in [2.05, 4.69) is 65.2 Å². The van der Waals surface area contributed by atoms with E-state index >= 15 is 0 Å². The van der Waals surface area contributed by atoms with Crippen molar-refractivity contribution in [2.24, 2.45) is 5.92 Å². The van der Waals surface area contributed by atoms with Gasteiger partial charge in [0, 0.05) is 45.8 Å². The molecule has 0 unspecified atom stereocenters. The van der Waals surface area contributed by atoms with Gasteiger partial charge in [-0.05, 0) is 30.0 Å². The van der Waals surface area contributed by atoms with Crippen LogP contribution in [0.15, 0.2) is 36.5 Å². The normalized spacial score (nSPS) is 19.9. The van der Waals surface area contributed by atoms with Crippen molar-refractivity contribution in [1.29, 1.82) is 0 Å². The van der Waals surface area contributed by atoms with E-state index in [1.54, 1.807) is 24.1 Å². The molecule has 2 aromatic rings. The van der Waals surface area contributed by atoms with Gasteiger partial charge in [-0.1, -0.05) is 38.1 Å². The number of piperazine rings is 1. The van der Waals surface area contributed by atoms with E-state index in [4.69, 9.17) is 4.74 Å². The molecule has 0 spiro atoms. The van der Waals surface area contributed by atoms with Crippen LogP contribution in [0.5, 0.6) is 0 Å². The number of ether oxygens (including phenoxy) is 1. The molecule has 1 aromatic carbocycles. The molecule has 2 saturated heterocycles. The minimum atomic E-state index is -0.366. The van der Waals surface area contributed by atoms with E-state index < -0.39 is 0 Å². The Morgan fingerprint density at radius 1 is 1.12 bits per heavy atom. The number of benzene rings is 1. The molecule has 182 valence electrons. The molecule has 0 saturated carbocycles. The Bertz CT molecular complexity index is 1000. The molecule has 1 N–H and O–H groups in total. The smallest absolute Gasteiger partial charge is 0.415 e. The average Bonchev–Trinajstić information content (AvgIpc) is 3.22. The van der Waals surface area contributed by atoms with Crippen LogP contribution in [0.1, 0.15) is 44.9 Å². The first-order valence-electron chi connectivity index (χ1n) is 11.9. The Morgan fingerprint density at radius 2 is 1.82 bits per heavy atom. The van der Waals surface area contributed by atoms with Crippen LogP contribution in [0, 0.1) is 5.92 Å². The van der Waals surface area contributed by atoms with Gasteiger partial charge in [0.15, 0.2) is 0 Å². The average molecular weight is 467 g/mol. The van der Waals surface area contributed by atoms with Crippen molar-refractivity contribution >= 4 is 23.8 Å². The van der Waals surface area contributed by atoms with Crippen LogP contribution in [0.3, 0.4) is 0 Å². The number of nitrogens with zero attached hydrogens (tertiary/aromatic N) is 5. The summed E-state index contributed by atoms with van der Waals surface area (Å²) in [5.74, 6) is 1.43. The molecule has 2 aliphatic heterocycles. The minimum absolute atomic E-state index is 0.00478. The Hall–Kier alpha value is -3.20. The number of carbonyl (C=O) groups is 2. The lowest BCUT2D eigenvalue weighted by molar-refractivity contribution is -0.130. The second-order valence-corrected chi connectivity index (χ2v) is 9.39. The zero-order chi connectivity index (χ0) is 24.2. The standard InChI is InChI=1S/C25H34N6O3/c1-17(2)22-16-34-25(33)31(22)23-9-10-26-24(28-23)27-18(3)21-7-5-20(6-8-21)15-29-11-13-30(14-12-29)19(4)32/h5-10,17-18,22H,11-16H2,1-4H3,(H,26,27,28)/t18-,22+/m0/s1. The zero-order valence-corrected chi connectivity index (χ0v) is 20.4. The van der Waals surface area contributed by atoms with Gasteiger partial charge in [0.25, 0.3) is 0 Å². The number of nitrogens with one attached hydrogen (secondary N) is 1. The molecular formula is C25H34N6O3. The second-order valence-electron chi connectivity index (χ2n) is 9.39. The lowest BCUT2D eigenvalue weighted by atomic mass is 10.0. The number of rotatable bonds is 7. The molecule has 34 heavy (non-hydrogen) atoms. The van der Waals surface area contributed by atoms with E-state index in [0.29, 0.717) is 18.4 Å². The largest absolute Gasteiger partial charge is 0.447 e. The van der Waals surface area contributed by atoms with Crippen LogP contribution in [0.2, 0.25) is 0 Å². The van der Waals surface area contributed by atoms with Crippen LogP contribution in [-0.4, -0.2) is 70.6 Å². The van der Waals surface area contributed by atoms with Gasteiger partial charge < -0.3 is 15.0 Å². The van der Waals surface area contributed by atoms with E-state index in [1.807, 2.05) is 4.90 Å². The molecule has 1 aromatic heterocycles. The Balaban J connectivity index is 1.36. The number of carbonyl (C=O) groups excluding carboxylic acids is 2. The predicted octanol–water partition coefficient (Wildman–Crippen LogP) is 3.30. The summed E-state index contributed by atoms with van der Waals surface area (Å²) in [6.45, 7) is 12.5. The first-order chi connectivity index (χ1) is 16.3. The van der Waals surface area contributed by atoms with Gasteiger partial charge in [0.2, 0.25) is 11.9 Å². The van der Waals surface area contributed by atoms with Gasteiger partial charge in [-0.15, -0.1) is 0 Å². The molecule has 2 amide bonds. The topological polar surface area (TPSA) is 90.9 Å². The van der Waals surface area contributed by atoms with Gasteiger partial charge >= 0.3 is 6.09 Å². The monoisotopic (exact) mass is 466 g/mol. The van der Waals surface area contributed by atoms with Crippen molar-refractivity contribution < 1.29 is 14.3 Å². The molecule has 4 rings (SSSR count). The fraction of sp³-hybridized carbons (Fsp3) is 0.520. The molecule has 0 aliphatic carbocycles. The molecule has 0 bridgehead atoms. The number of anilines is 2. The maximum Gasteiger partial charge on any atom is 0.415 e. The molecule has 2 fully saturated rings. The fourth-order valence-electron chi connectivity index (χ4n) is 4.41. The summed E-state index contributed by atoms with van der Waals surface area (Å²) in [7, 11) is 0. The molecular weight excluding hydrogens is 432 g/mol. The van der Waals surface area contributed by atoms with Crippen molar-refractivity contribution in [3.05, 3.63) is 47.7 Å². The first kappa shape index (κ1) is 23.9. The van der Waals surface area contributed by atoms with Crippen LogP contribution >= 0.6 is 0 Å². The van der Waals surface area contributed by atoms with Crippen molar-refractivity contribution in [3.63, 3.8) is 0 Å². The Kier molecular flexibility index (Phi) is 7.31. The highest BCUT2D eigenvalue weighted by atomic mass is 16.6. The fourth-order valence-corrected chi connectivity index (χ4v) is 4.41. The summed E-state index contributed by atoms with van der Waals surface area (Å²) in [4.78, 5) is 38.6. The lowest BCUT2D eigenvalue weighted by Gasteiger charge is -2.34. The number of hydrogen-bond donors (Lipinski definition) is 1. The van der Waals surface area contributed by atoms with E-state index in [9.17, 15) is 9.59 Å². The molecule has 3 heterocycles. The van der Waals surface area contributed by atoms with Crippen LogP contribution in [0.25, 0.3) is 0 Å². The number of aromatic nitrogens is 2. The van der Waals surface area contributed by atoms with Crippen molar-refractivity contribution in [3.8, 4) is 0 Å². The van der Waals surface area contributed by atoms with Crippen LogP contribution in [-0.2, 0) is 16.1 Å². The summed E-state index contributed by atoms with van der Waals surface area (Å²) >= 11 is 0. The SMILES string of the molecule is CC(=O)N1CCN(Cc2ccc([C@H](C)Nc3nccc(N4C(=O)OC[C@@H]4C(C)C)n3)cc2)CC1. The van der Waals surface area contributed by atoms with Crippen molar-refractivity contribution in [1.82, 2.24) is 19.8 Å². The third-order valence-electron chi connectivity index (χ3n) is 6.61. The predicted molar refractivity (Wildman–Crippen MR) is 130 cm³/mol. The molecule has 9 heteroatoms. The highest BCUT2D eigenvalue weighted by molar-refractivity contribution is 5.89. The number of amides is 2. The maximum atomic E-state index is 12.3. The van der Waals surface area contributed by atoms with E-state index in [-0.39, 0.29) is 30.0 Å². The first-order valence-corrected chi connectivity index (χ1v) is 11.9. The molecule has 0 radical (unpaired) electrons. The number of hydrogen-bond acceptors (Lipinski definition) is 7. The van der Waals surface area contributed by atoms with Crippen molar-refractivity contribution in [2.45, 2.75) is 46.3 Å². The number of cyclic esters (lactones) is 1. The van der Waals surface area contributed by atoms with Gasteiger partial charge in [-0.25, -0.2) is 9.78 Å². The minimum Gasteiger partial charge on any atom is -0.447 e. The summed E-state index contributed by atoms with van der Waals surface area (Å²) in [5.41, 5.74) is 2.37. The molecule has 9 nitrogen and oxygen atoms in total. The Morgan fingerprint density at radius 3 is 2.47 bits per heavy atom. The summed E-state index contributed by atoms with van der Waals surface area (Å²) in [5, 5.41) is 3.35. The highest BCUT2D eigenvalue weighted by Crippen LogP contribution is 2.27. The van der Waals surface area contributed by atoms with E-state index in [1.165, 1.54) is 5.56 Å². The quantitative estimate of drug-likeness (QED) is 0.670. The van der Waals surface area contributed by atoms with Crippen molar-refractivity contribution in [2.75, 3.05) is 43.0 Å². The molecule has 2 atom stereocenters. The third-order valence-corrected chi connectivity index (χ3v) is 6.61. The van der Waals surface area contributed by atoms with Crippen LogP contribution < -0.4 is 10.2 Å².